The summed E-state index contributed by atoms with van der Waals surface area (Å²) >= 11 is 0. The number of hydrogen-bond donors (Lipinski definition) is 4. The predicted molar refractivity (Wildman–Crippen MR) is 65.1 cm³/mol. The standard InChI is InChI=1S/C12H12N2O3/c13-7-1-9(15)5-11(3-7)17-12-4-8(14)2-10(16)6-12/h1-6,15-16H,13-14H2. The minimum atomic E-state index is 0.00752. The summed E-state index contributed by atoms with van der Waals surface area (Å²) in [4.78, 5) is 0. The van der Waals surface area contributed by atoms with Gasteiger partial charge in [-0.3, -0.25) is 0 Å². The third-order valence-electron chi connectivity index (χ3n) is 2.06. The summed E-state index contributed by atoms with van der Waals surface area (Å²) in [5.74, 6) is 0.751. The zero-order valence-electron chi connectivity index (χ0n) is 8.92. The average molecular weight is 232 g/mol. The van der Waals surface area contributed by atoms with E-state index in [4.69, 9.17) is 16.2 Å². The Morgan fingerprint density at radius 3 is 1.47 bits per heavy atom. The van der Waals surface area contributed by atoms with Crippen molar-refractivity contribution in [2.75, 3.05) is 11.5 Å². The molecule has 0 saturated heterocycles. The number of nitrogens with two attached hydrogens (primary N) is 2. The van der Waals surface area contributed by atoms with E-state index in [1.807, 2.05) is 0 Å². The van der Waals surface area contributed by atoms with Crippen LogP contribution in [0.3, 0.4) is 0 Å². The molecule has 0 aromatic heterocycles. The Balaban J connectivity index is 2.31. The monoisotopic (exact) mass is 232 g/mol. The molecular formula is C12H12N2O3. The fourth-order valence-electron chi connectivity index (χ4n) is 1.47. The number of nitrogen functional groups attached to an aromatic ring is 2. The van der Waals surface area contributed by atoms with Crippen LogP contribution in [0.15, 0.2) is 36.4 Å². The van der Waals surface area contributed by atoms with E-state index in [-0.39, 0.29) is 11.5 Å². The van der Waals surface area contributed by atoms with Gasteiger partial charge in [-0.2, -0.15) is 0 Å². The Labute approximate surface area is 97.9 Å². The molecule has 5 nitrogen and oxygen atoms in total. The first-order chi connectivity index (χ1) is 8.02. The summed E-state index contributed by atoms with van der Waals surface area (Å²) in [6, 6.07) is 8.75. The van der Waals surface area contributed by atoms with Crippen molar-refractivity contribution in [3.05, 3.63) is 36.4 Å². The number of phenolic OH excluding ortho intramolecular Hbond substituents is 2. The van der Waals surface area contributed by atoms with E-state index >= 15 is 0 Å². The van der Waals surface area contributed by atoms with Crippen molar-refractivity contribution in [2.45, 2.75) is 0 Å². The van der Waals surface area contributed by atoms with Gasteiger partial charge in [-0.15, -0.1) is 0 Å². The van der Waals surface area contributed by atoms with Crippen LogP contribution in [-0.4, -0.2) is 10.2 Å². The van der Waals surface area contributed by atoms with Crippen LogP contribution in [0.5, 0.6) is 23.0 Å². The molecule has 88 valence electrons. The van der Waals surface area contributed by atoms with Crippen LogP contribution in [-0.2, 0) is 0 Å². The first-order valence-corrected chi connectivity index (χ1v) is 4.90. The molecule has 2 rings (SSSR count). The van der Waals surface area contributed by atoms with E-state index in [1.54, 1.807) is 12.1 Å². The van der Waals surface area contributed by atoms with Crippen molar-refractivity contribution in [1.29, 1.82) is 0 Å². The molecule has 0 spiro atoms. The van der Waals surface area contributed by atoms with Gasteiger partial charge in [0.05, 0.1) is 0 Å². The molecule has 2 aromatic rings. The summed E-state index contributed by atoms with van der Waals surface area (Å²) in [6.07, 6.45) is 0. The molecule has 0 aliphatic carbocycles. The van der Waals surface area contributed by atoms with E-state index in [0.717, 1.165) is 0 Å². The lowest BCUT2D eigenvalue weighted by atomic mass is 10.2. The third kappa shape index (κ3) is 2.72. The van der Waals surface area contributed by atoms with Gasteiger partial charge < -0.3 is 26.4 Å². The SMILES string of the molecule is Nc1cc(O)cc(Oc2cc(N)cc(O)c2)c1. The molecule has 0 saturated carbocycles. The summed E-state index contributed by atoms with van der Waals surface area (Å²) in [5, 5.41) is 18.7. The highest BCUT2D eigenvalue weighted by molar-refractivity contribution is 5.53. The minimum Gasteiger partial charge on any atom is -0.508 e. The molecule has 0 aliphatic rings. The van der Waals surface area contributed by atoms with Gasteiger partial charge in [0.2, 0.25) is 0 Å². The third-order valence-corrected chi connectivity index (χ3v) is 2.06. The molecule has 5 heteroatoms. The highest BCUT2D eigenvalue weighted by Gasteiger charge is 2.03. The van der Waals surface area contributed by atoms with Gasteiger partial charge in [0.1, 0.15) is 23.0 Å². The maximum absolute atomic E-state index is 9.35. The molecule has 0 unspecified atom stereocenters. The lowest BCUT2D eigenvalue weighted by Crippen LogP contribution is -1.90. The van der Waals surface area contributed by atoms with E-state index in [1.165, 1.54) is 24.3 Å². The van der Waals surface area contributed by atoms with E-state index in [9.17, 15) is 10.2 Å². The fraction of sp³-hybridized carbons (Fsp3) is 0. The highest BCUT2D eigenvalue weighted by atomic mass is 16.5. The van der Waals surface area contributed by atoms with Crippen LogP contribution in [0, 0.1) is 0 Å². The molecule has 0 heterocycles. The van der Waals surface area contributed by atoms with Crippen LogP contribution in [0.4, 0.5) is 11.4 Å². The maximum atomic E-state index is 9.35. The maximum Gasteiger partial charge on any atom is 0.133 e. The number of aromatic hydroxyl groups is 2. The molecular weight excluding hydrogens is 220 g/mol. The topological polar surface area (TPSA) is 102 Å². The van der Waals surface area contributed by atoms with Gasteiger partial charge in [0, 0.05) is 47.8 Å². The zero-order chi connectivity index (χ0) is 12.4. The number of anilines is 2. The van der Waals surface area contributed by atoms with Crippen molar-refractivity contribution in [1.82, 2.24) is 0 Å². The number of hydrogen-bond acceptors (Lipinski definition) is 5. The molecule has 0 amide bonds. The first-order valence-electron chi connectivity index (χ1n) is 4.90. The van der Waals surface area contributed by atoms with Crippen molar-refractivity contribution in [3.63, 3.8) is 0 Å². The average Bonchev–Trinajstić information content (AvgIpc) is 2.13. The van der Waals surface area contributed by atoms with Crippen LogP contribution in [0.2, 0.25) is 0 Å². The zero-order valence-corrected chi connectivity index (χ0v) is 8.92. The number of rotatable bonds is 2. The quantitative estimate of drug-likeness (QED) is 0.593. The first kappa shape index (κ1) is 10.9. The van der Waals surface area contributed by atoms with E-state index in [0.29, 0.717) is 22.9 Å². The van der Waals surface area contributed by atoms with Gasteiger partial charge in [0.15, 0.2) is 0 Å². The second-order valence-electron chi connectivity index (χ2n) is 3.62. The fourth-order valence-corrected chi connectivity index (χ4v) is 1.47. The summed E-state index contributed by atoms with van der Waals surface area (Å²) in [5.41, 5.74) is 11.9. The van der Waals surface area contributed by atoms with Crippen LogP contribution >= 0.6 is 0 Å². The van der Waals surface area contributed by atoms with Gasteiger partial charge in [0.25, 0.3) is 0 Å². The number of phenols is 2. The largest absolute Gasteiger partial charge is 0.508 e. The molecule has 0 aliphatic heterocycles. The summed E-state index contributed by atoms with van der Waals surface area (Å²) < 4.78 is 5.42. The molecule has 0 fully saturated rings. The second kappa shape index (κ2) is 4.13. The van der Waals surface area contributed by atoms with Crippen molar-refractivity contribution < 1.29 is 14.9 Å². The summed E-state index contributed by atoms with van der Waals surface area (Å²) in [7, 11) is 0. The van der Waals surface area contributed by atoms with Gasteiger partial charge >= 0.3 is 0 Å². The lowest BCUT2D eigenvalue weighted by Gasteiger charge is -2.08. The Hall–Kier alpha value is -2.56. The predicted octanol–water partition coefficient (Wildman–Crippen LogP) is 2.05. The normalized spacial score (nSPS) is 10.1. The Morgan fingerprint density at radius 1 is 0.706 bits per heavy atom. The molecule has 2 aromatic carbocycles. The van der Waals surface area contributed by atoms with Gasteiger partial charge in [-0.05, 0) is 0 Å². The molecule has 0 radical (unpaired) electrons. The molecule has 0 bridgehead atoms. The van der Waals surface area contributed by atoms with E-state index in [2.05, 4.69) is 0 Å². The van der Waals surface area contributed by atoms with Crippen molar-refractivity contribution in [3.8, 4) is 23.0 Å². The number of ether oxygens (including phenoxy) is 1. The van der Waals surface area contributed by atoms with E-state index < -0.39 is 0 Å². The molecule has 0 atom stereocenters. The lowest BCUT2D eigenvalue weighted by molar-refractivity contribution is 0.447. The summed E-state index contributed by atoms with van der Waals surface area (Å²) in [6.45, 7) is 0. The Kier molecular flexibility index (Phi) is 2.66. The van der Waals surface area contributed by atoms with Crippen LogP contribution in [0.1, 0.15) is 0 Å². The highest BCUT2D eigenvalue weighted by Crippen LogP contribution is 2.30. The minimum absolute atomic E-state index is 0.00752. The van der Waals surface area contributed by atoms with Crippen LogP contribution < -0.4 is 16.2 Å². The van der Waals surface area contributed by atoms with Gasteiger partial charge in [-0.1, -0.05) is 0 Å². The molecule has 6 N–H and O–H groups in total. The molecule has 17 heavy (non-hydrogen) atoms. The van der Waals surface area contributed by atoms with Gasteiger partial charge in [-0.25, -0.2) is 0 Å². The Bertz CT molecular complexity index is 465. The van der Waals surface area contributed by atoms with Crippen molar-refractivity contribution >= 4 is 11.4 Å². The Morgan fingerprint density at radius 2 is 1.12 bits per heavy atom. The second-order valence-corrected chi connectivity index (χ2v) is 3.62. The smallest absolute Gasteiger partial charge is 0.133 e. The number of benzene rings is 2. The van der Waals surface area contributed by atoms with Crippen molar-refractivity contribution in [2.24, 2.45) is 0 Å². The van der Waals surface area contributed by atoms with Crippen LogP contribution in [0.25, 0.3) is 0 Å².